The van der Waals surface area contributed by atoms with E-state index in [1.165, 1.54) is 0 Å². The van der Waals surface area contributed by atoms with Crippen LogP contribution in [0.4, 0.5) is 0 Å². The average Bonchev–Trinajstić information content (AvgIpc) is 2.30. The highest BCUT2D eigenvalue weighted by Gasteiger charge is 2.21. The molecule has 1 saturated heterocycles. The largest absolute Gasteiger partial charge is 0.376 e. The van der Waals surface area contributed by atoms with Crippen LogP contribution in [0.2, 0.25) is 0 Å². The van der Waals surface area contributed by atoms with Crippen LogP contribution in [0, 0.1) is 0 Å². The number of ether oxygens (including phenoxy) is 2. The van der Waals surface area contributed by atoms with Crippen LogP contribution in [0.1, 0.15) is 19.3 Å². The fourth-order valence-electron chi connectivity index (χ4n) is 1.36. The van der Waals surface area contributed by atoms with Crippen LogP contribution in [0.3, 0.4) is 0 Å². The van der Waals surface area contributed by atoms with Crippen LogP contribution in [-0.2, 0) is 14.3 Å². The van der Waals surface area contributed by atoms with Gasteiger partial charge in [-0.05, 0) is 12.8 Å². The van der Waals surface area contributed by atoms with Gasteiger partial charge in [0.1, 0.15) is 0 Å². The molecular formula is C10H18ClNO3. The zero-order valence-electron chi connectivity index (χ0n) is 8.84. The molecule has 4 nitrogen and oxygen atoms in total. The van der Waals surface area contributed by atoms with E-state index in [0.717, 1.165) is 19.3 Å². The summed E-state index contributed by atoms with van der Waals surface area (Å²) in [5.41, 5.74) is 0. The molecule has 0 aromatic heterocycles. The molecule has 1 aliphatic heterocycles. The monoisotopic (exact) mass is 235 g/mol. The number of carbonyl (C=O) groups is 1. The summed E-state index contributed by atoms with van der Waals surface area (Å²) in [5.74, 6) is 0.619. The summed E-state index contributed by atoms with van der Waals surface area (Å²) in [4.78, 5) is 11.5. The van der Waals surface area contributed by atoms with Crippen LogP contribution < -0.4 is 5.32 Å². The van der Waals surface area contributed by atoms with Crippen LogP contribution in [0.15, 0.2) is 0 Å². The molecule has 1 unspecified atom stereocenters. The molecule has 0 saturated carbocycles. The number of halogens is 1. The molecule has 1 atom stereocenters. The van der Waals surface area contributed by atoms with Crippen molar-refractivity contribution in [3.8, 4) is 0 Å². The summed E-state index contributed by atoms with van der Waals surface area (Å²) < 4.78 is 10.4. The van der Waals surface area contributed by atoms with Gasteiger partial charge in [-0.3, -0.25) is 4.79 Å². The second kappa shape index (κ2) is 7.91. The predicted octanol–water partition coefficient (Wildman–Crippen LogP) is 0.927. The van der Waals surface area contributed by atoms with Gasteiger partial charge in [-0.25, -0.2) is 0 Å². The Kier molecular flexibility index (Phi) is 6.72. The van der Waals surface area contributed by atoms with Crippen molar-refractivity contribution in [2.24, 2.45) is 0 Å². The zero-order valence-corrected chi connectivity index (χ0v) is 9.59. The molecule has 15 heavy (non-hydrogen) atoms. The van der Waals surface area contributed by atoms with Gasteiger partial charge in [0.25, 0.3) is 5.91 Å². The maximum absolute atomic E-state index is 11.5. The van der Waals surface area contributed by atoms with Crippen molar-refractivity contribution in [3.63, 3.8) is 0 Å². The third-order valence-corrected chi connectivity index (χ3v) is 2.49. The number of unbranched alkanes of at least 4 members (excludes halogenated alkanes) is 2. The van der Waals surface area contributed by atoms with E-state index in [9.17, 15) is 4.79 Å². The Morgan fingerprint density at radius 3 is 2.87 bits per heavy atom. The molecule has 0 aliphatic carbocycles. The van der Waals surface area contributed by atoms with Crippen molar-refractivity contribution in [2.75, 3.05) is 32.2 Å². The molecule has 1 amide bonds. The second-order valence-corrected chi connectivity index (χ2v) is 3.85. The fourth-order valence-corrected chi connectivity index (χ4v) is 1.55. The highest BCUT2D eigenvalue weighted by atomic mass is 35.5. The van der Waals surface area contributed by atoms with Gasteiger partial charge in [0.05, 0.1) is 19.8 Å². The van der Waals surface area contributed by atoms with E-state index in [1.54, 1.807) is 0 Å². The van der Waals surface area contributed by atoms with Gasteiger partial charge in [-0.15, -0.1) is 11.6 Å². The lowest BCUT2D eigenvalue weighted by atomic mass is 10.2. The van der Waals surface area contributed by atoms with Gasteiger partial charge < -0.3 is 14.8 Å². The average molecular weight is 236 g/mol. The number of rotatable bonds is 6. The number of alkyl halides is 1. The molecular weight excluding hydrogens is 218 g/mol. The first-order valence-electron chi connectivity index (χ1n) is 5.37. The number of hydrogen-bond acceptors (Lipinski definition) is 3. The molecule has 1 fully saturated rings. The first-order valence-corrected chi connectivity index (χ1v) is 5.91. The van der Waals surface area contributed by atoms with Crippen LogP contribution in [0.25, 0.3) is 0 Å². The molecule has 0 spiro atoms. The summed E-state index contributed by atoms with van der Waals surface area (Å²) in [6.45, 7) is 2.15. The Labute approximate surface area is 95.3 Å². The van der Waals surface area contributed by atoms with E-state index in [1.807, 2.05) is 0 Å². The normalized spacial score (nSPS) is 21.3. The Morgan fingerprint density at radius 1 is 1.33 bits per heavy atom. The van der Waals surface area contributed by atoms with Gasteiger partial charge in [-0.2, -0.15) is 0 Å². The molecule has 5 heteroatoms. The van der Waals surface area contributed by atoms with E-state index < -0.39 is 6.10 Å². The first-order chi connectivity index (χ1) is 7.34. The highest BCUT2D eigenvalue weighted by molar-refractivity contribution is 6.17. The third kappa shape index (κ3) is 5.35. The third-order valence-electron chi connectivity index (χ3n) is 2.22. The first kappa shape index (κ1) is 12.7. The zero-order chi connectivity index (χ0) is 10.9. The molecule has 0 radical (unpaired) electrons. The predicted molar refractivity (Wildman–Crippen MR) is 58.1 cm³/mol. The highest BCUT2D eigenvalue weighted by Crippen LogP contribution is 2.01. The molecule has 1 aliphatic rings. The topological polar surface area (TPSA) is 47.6 Å². The summed E-state index contributed by atoms with van der Waals surface area (Å²) in [6, 6.07) is 0. The second-order valence-electron chi connectivity index (χ2n) is 3.48. The Morgan fingerprint density at radius 2 is 2.20 bits per heavy atom. The van der Waals surface area contributed by atoms with Crippen LogP contribution in [-0.4, -0.2) is 44.3 Å². The van der Waals surface area contributed by atoms with Crippen molar-refractivity contribution >= 4 is 17.5 Å². The van der Waals surface area contributed by atoms with Crippen molar-refractivity contribution in [1.82, 2.24) is 5.32 Å². The van der Waals surface area contributed by atoms with Crippen molar-refractivity contribution < 1.29 is 14.3 Å². The smallest absolute Gasteiger partial charge is 0.251 e. The van der Waals surface area contributed by atoms with Gasteiger partial charge in [0, 0.05) is 12.4 Å². The van der Waals surface area contributed by atoms with E-state index in [-0.39, 0.29) is 5.91 Å². The van der Waals surface area contributed by atoms with Gasteiger partial charge in [0.2, 0.25) is 0 Å². The Balaban J connectivity index is 2.02. The Hall–Kier alpha value is -0.320. The molecule has 0 bridgehead atoms. The minimum Gasteiger partial charge on any atom is -0.376 e. The SMILES string of the molecule is O=C(NCCCCCCl)C1COCCO1. The molecule has 0 aromatic carbocycles. The van der Waals surface area contributed by atoms with Crippen LogP contribution >= 0.6 is 11.6 Å². The number of nitrogens with one attached hydrogen (secondary N) is 1. The summed E-state index contributed by atoms with van der Waals surface area (Å²) in [5, 5.41) is 2.82. The molecule has 1 rings (SSSR count). The molecule has 1 heterocycles. The van der Waals surface area contributed by atoms with Gasteiger partial charge in [-0.1, -0.05) is 6.42 Å². The lowest BCUT2D eigenvalue weighted by Gasteiger charge is -2.21. The lowest BCUT2D eigenvalue weighted by molar-refractivity contribution is -0.147. The standard InChI is InChI=1S/C10H18ClNO3/c11-4-2-1-3-5-12-10(13)9-8-14-6-7-15-9/h9H,1-8H2,(H,12,13). The minimum atomic E-state index is -0.424. The molecule has 88 valence electrons. The number of carbonyl (C=O) groups excluding carboxylic acids is 1. The summed E-state index contributed by atoms with van der Waals surface area (Å²) in [7, 11) is 0. The van der Waals surface area contributed by atoms with Crippen molar-refractivity contribution in [3.05, 3.63) is 0 Å². The summed E-state index contributed by atoms with van der Waals surface area (Å²) >= 11 is 5.54. The van der Waals surface area contributed by atoms with Gasteiger partial charge >= 0.3 is 0 Å². The van der Waals surface area contributed by atoms with E-state index in [4.69, 9.17) is 21.1 Å². The Bertz CT molecular complexity index is 184. The number of hydrogen-bond donors (Lipinski definition) is 1. The van der Waals surface area contributed by atoms with Crippen molar-refractivity contribution in [2.45, 2.75) is 25.4 Å². The molecule has 1 N–H and O–H groups in total. The molecule has 0 aromatic rings. The summed E-state index contributed by atoms with van der Waals surface area (Å²) in [6.07, 6.45) is 2.59. The maximum atomic E-state index is 11.5. The quantitative estimate of drug-likeness (QED) is 0.550. The van der Waals surface area contributed by atoms with Crippen molar-refractivity contribution in [1.29, 1.82) is 0 Å². The van der Waals surface area contributed by atoms with E-state index >= 15 is 0 Å². The lowest BCUT2D eigenvalue weighted by Crippen LogP contribution is -2.43. The van der Waals surface area contributed by atoms with Gasteiger partial charge in [0.15, 0.2) is 6.10 Å². The minimum absolute atomic E-state index is 0.0689. The maximum Gasteiger partial charge on any atom is 0.251 e. The van der Waals surface area contributed by atoms with E-state index in [2.05, 4.69) is 5.32 Å². The number of amides is 1. The fraction of sp³-hybridized carbons (Fsp3) is 0.900. The van der Waals surface area contributed by atoms with Crippen LogP contribution in [0.5, 0.6) is 0 Å². The van der Waals surface area contributed by atoms with E-state index in [0.29, 0.717) is 32.2 Å².